The van der Waals surface area contributed by atoms with Gasteiger partial charge in [0, 0.05) is 29.7 Å². The van der Waals surface area contributed by atoms with Crippen molar-refractivity contribution < 1.29 is 14.4 Å². The van der Waals surface area contributed by atoms with Gasteiger partial charge in [-0.05, 0) is 37.5 Å². The summed E-state index contributed by atoms with van der Waals surface area (Å²) in [5.41, 5.74) is 0.652. The number of rotatable bonds is 5. The lowest BCUT2D eigenvalue weighted by Gasteiger charge is -2.38. The number of nitrogens with zero attached hydrogens (tertiary/aromatic N) is 3. The fourth-order valence-electron chi connectivity index (χ4n) is 3.42. The molecule has 0 spiro atoms. The molecule has 3 aliphatic rings. The first-order chi connectivity index (χ1) is 13.5. The summed E-state index contributed by atoms with van der Waals surface area (Å²) in [6.07, 6.45) is 3.22. The fraction of sp³-hybridized carbons (Fsp3) is 0.474. The highest BCUT2D eigenvalue weighted by molar-refractivity contribution is 6.30. The Morgan fingerprint density at radius 1 is 1.25 bits per heavy atom. The number of carbonyl (C=O) groups is 3. The highest BCUT2D eigenvalue weighted by Crippen LogP contribution is 2.24. The average Bonchev–Trinajstić information content (AvgIpc) is 3.46. The summed E-state index contributed by atoms with van der Waals surface area (Å²) >= 11 is 5.96. The maximum atomic E-state index is 12.6. The number of nitrogens with one attached hydrogen (secondary N) is 2. The molecule has 1 aromatic carbocycles. The molecule has 2 fully saturated rings. The van der Waals surface area contributed by atoms with Crippen molar-refractivity contribution >= 4 is 40.8 Å². The molecule has 1 unspecified atom stereocenters. The van der Waals surface area contributed by atoms with Crippen LogP contribution in [0, 0.1) is 5.92 Å². The minimum atomic E-state index is -0.240. The average molecular weight is 404 g/mol. The second kappa shape index (κ2) is 7.79. The predicted molar refractivity (Wildman–Crippen MR) is 105 cm³/mol. The smallest absolute Gasteiger partial charge is 0.262 e. The Kier molecular flexibility index (Phi) is 5.21. The fourth-order valence-corrected chi connectivity index (χ4v) is 3.61. The van der Waals surface area contributed by atoms with E-state index in [4.69, 9.17) is 11.6 Å². The van der Waals surface area contributed by atoms with Gasteiger partial charge >= 0.3 is 0 Å². The molecule has 1 atom stereocenters. The van der Waals surface area contributed by atoms with Crippen LogP contribution in [0.15, 0.2) is 29.4 Å². The van der Waals surface area contributed by atoms with Crippen LogP contribution in [0.2, 0.25) is 5.02 Å². The molecule has 148 valence electrons. The van der Waals surface area contributed by atoms with Gasteiger partial charge in [0.25, 0.3) is 5.91 Å². The quantitative estimate of drug-likeness (QED) is 0.777. The molecule has 28 heavy (non-hydrogen) atoms. The third-order valence-electron chi connectivity index (χ3n) is 5.07. The van der Waals surface area contributed by atoms with Gasteiger partial charge in [0.1, 0.15) is 18.9 Å². The summed E-state index contributed by atoms with van der Waals surface area (Å²) in [4.78, 5) is 38.7. The molecule has 4 rings (SSSR count). The number of carbonyl (C=O) groups excluding carboxylic acids is 3. The lowest BCUT2D eigenvalue weighted by Crippen LogP contribution is -2.54. The topological polar surface area (TPSA) is 94.1 Å². The Bertz CT molecular complexity index is 839. The minimum Gasteiger partial charge on any atom is -0.352 e. The number of amides is 3. The molecule has 2 N–H and O–H groups in total. The lowest BCUT2D eigenvalue weighted by molar-refractivity contribution is -0.138. The van der Waals surface area contributed by atoms with Crippen molar-refractivity contribution in [1.29, 1.82) is 0 Å². The monoisotopic (exact) mass is 403 g/mol. The highest BCUT2D eigenvalue weighted by Gasteiger charge is 2.35. The molecule has 0 aromatic heterocycles. The minimum absolute atomic E-state index is 0.0502. The second-order valence-electron chi connectivity index (χ2n) is 7.43. The van der Waals surface area contributed by atoms with E-state index in [9.17, 15) is 14.4 Å². The third kappa shape index (κ3) is 4.44. The number of hydrogen-bond donors (Lipinski definition) is 2. The lowest BCUT2D eigenvalue weighted by atomic mass is 9.95. The van der Waals surface area contributed by atoms with Gasteiger partial charge in [-0.2, -0.15) is 5.10 Å². The van der Waals surface area contributed by atoms with Crippen LogP contribution in [0.25, 0.3) is 0 Å². The summed E-state index contributed by atoms with van der Waals surface area (Å²) in [6, 6.07) is 7.26. The van der Waals surface area contributed by atoms with Gasteiger partial charge in [-0.15, -0.1) is 0 Å². The number of hydrazone groups is 1. The Balaban J connectivity index is 1.35. The SMILES string of the molecule is O=C(CN1N=C2CCC(C(=O)Nc3cccc(Cl)c3)CN2CC1=O)NC1CC1. The van der Waals surface area contributed by atoms with E-state index < -0.39 is 0 Å². The molecule has 1 aromatic rings. The van der Waals surface area contributed by atoms with Crippen LogP contribution in [0.5, 0.6) is 0 Å². The molecular formula is C19H22ClN5O3. The molecule has 0 bridgehead atoms. The summed E-state index contributed by atoms with van der Waals surface area (Å²) in [5, 5.41) is 11.9. The zero-order valence-corrected chi connectivity index (χ0v) is 16.1. The Morgan fingerprint density at radius 2 is 2.07 bits per heavy atom. The molecule has 8 nitrogen and oxygen atoms in total. The zero-order chi connectivity index (χ0) is 19.7. The van der Waals surface area contributed by atoms with Gasteiger partial charge in [-0.3, -0.25) is 14.4 Å². The van der Waals surface area contributed by atoms with Crippen molar-refractivity contribution in [3.05, 3.63) is 29.3 Å². The van der Waals surface area contributed by atoms with E-state index in [1.807, 2.05) is 4.90 Å². The van der Waals surface area contributed by atoms with Crippen LogP contribution >= 0.6 is 11.6 Å². The highest BCUT2D eigenvalue weighted by atomic mass is 35.5. The van der Waals surface area contributed by atoms with E-state index in [-0.39, 0.29) is 42.8 Å². The van der Waals surface area contributed by atoms with Crippen LogP contribution in [-0.2, 0) is 14.4 Å². The summed E-state index contributed by atoms with van der Waals surface area (Å²) in [5.74, 6) is 0.00918. The Labute approximate surface area is 167 Å². The van der Waals surface area contributed by atoms with E-state index in [1.165, 1.54) is 5.01 Å². The van der Waals surface area contributed by atoms with E-state index in [1.54, 1.807) is 24.3 Å². The molecule has 1 saturated carbocycles. The Hall–Kier alpha value is -2.61. The summed E-state index contributed by atoms with van der Waals surface area (Å²) in [6.45, 7) is 0.515. The van der Waals surface area contributed by atoms with E-state index in [2.05, 4.69) is 15.7 Å². The van der Waals surface area contributed by atoms with E-state index in [0.717, 1.165) is 18.7 Å². The van der Waals surface area contributed by atoms with Gasteiger partial charge in [0.05, 0.1) is 5.92 Å². The number of piperidine rings is 1. The third-order valence-corrected chi connectivity index (χ3v) is 5.31. The first-order valence-electron chi connectivity index (χ1n) is 9.46. The van der Waals surface area contributed by atoms with Crippen LogP contribution < -0.4 is 10.6 Å². The number of hydrogen-bond acceptors (Lipinski definition) is 5. The number of anilines is 1. The van der Waals surface area contributed by atoms with Gasteiger partial charge in [-0.25, -0.2) is 5.01 Å². The number of amidine groups is 1. The van der Waals surface area contributed by atoms with Crippen LogP contribution in [0.1, 0.15) is 25.7 Å². The van der Waals surface area contributed by atoms with Crippen LogP contribution in [0.4, 0.5) is 5.69 Å². The van der Waals surface area contributed by atoms with Gasteiger partial charge in [0.15, 0.2) is 0 Å². The molecule has 2 aliphatic heterocycles. The van der Waals surface area contributed by atoms with Gasteiger partial charge < -0.3 is 15.5 Å². The van der Waals surface area contributed by atoms with Gasteiger partial charge in [0.2, 0.25) is 11.8 Å². The maximum absolute atomic E-state index is 12.6. The van der Waals surface area contributed by atoms with Crippen molar-refractivity contribution in [3.63, 3.8) is 0 Å². The van der Waals surface area contributed by atoms with Crippen molar-refractivity contribution in [2.75, 3.05) is 25.0 Å². The van der Waals surface area contributed by atoms with Crippen molar-refractivity contribution in [2.45, 2.75) is 31.7 Å². The first kappa shape index (κ1) is 18.7. The Morgan fingerprint density at radius 3 is 2.82 bits per heavy atom. The van der Waals surface area contributed by atoms with Crippen molar-refractivity contribution in [2.24, 2.45) is 11.0 Å². The molecular weight excluding hydrogens is 382 g/mol. The largest absolute Gasteiger partial charge is 0.352 e. The van der Waals surface area contributed by atoms with Gasteiger partial charge in [-0.1, -0.05) is 17.7 Å². The van der Waals surface area contributed by atoms with Crippen LogP contribution in [0.3, 0.4) is 0 Å². The number of halogens is 1. The standard InChI is InChI=1S/C19H22ClN5O3/c20-13-2-1-3-15(8-13)22-19(28)12-4-7-16-23-25(18(27)11-24(16)9-12)10-17(26)21-14-5-6-14/h1-3,8,12,14H,4-7,9-11H2,(H,21,26)(H,22,28). The predicted octanol–water partition coefficient (Wildman–Crippen LogP) is 1.42. The first-order valence-corrected chi connectivity index (χ1v) is 9.84. The molecule has 2 heterocycles. The summed E-state index contributed by atoms with van der Waals surface area (Å²) in [7, 11) is 0. The van der Waals surface area contributed by atoms with Crippen LogP contribution in [-0.4, -0.2) is 59.1 Å². The maximum Gasteiger partial charge on any atom is 0.262 e. The number of fused-ring (bicyclic) bond motifs is 1. The molecule has 1 saturated heterocycles. The second-order valence-corrected chi connectivity index (χ2v) is 7.86. The molecule has 3 amide bonds. The van der Waals surface area contributed by atoms with E-state index >= 15 is 0 Å². The molecule has 0 radical (unpaired) electrons. The number of benzene rings is 1. The van der Waals surface area contributed by atoms with E-state index in [0.29, 0.717) is 30.1 Å². The summed E-state index contributed by atoms with van der Waals surface area (Å²) < 4.78 is 0. The normalized spacial score (nSPS) is 21.7. The molecule has 9 heteroatoms. The van der Waals surface area contributed by atoms with Crippen molar-refractivity contribution in [1.82, 2.24) is 15.2 Å². The van der Waals surface area contributed by atoms with Crippen molar-refractivity contribution in [3.8, 4) is 0 Å². The molecule has 1 aliphatic carbocycles. The zero-order valence-electron chi connectivity index (χ0n) is 15.4.